The van der Waals surface area contributed by atoms with Crippen LogP contribution in [-0.2, 0) is 16.0 Å². The van der Waals surface area contributed by atoms with Gasteiger partial charge < -0.3 is 20.3 Å². The SMILES string of the molecule is COc1ccc(NC(=O)C(=O)NCCc2ccc(N(C)C)cc2)cc1Cl. The van der Waals surface area contributed by atoms with Gasteiger partial charge in [-0.1, -0.05) is 23.7 Å². The van der Waals surface area contributed by atoms with E-state index >= 15 is 0 Å². The molecule has 2 aromatic carbocycles. The number of ether oxygens (including phenoxy) is 1. The third kappa shape index (κ3) is 5.39. The first-order valence-electron chi connectivity index (χ1n) is 8.09. The summed E-state index contributed by atoms with van der Waals surface area (Å²) in [5.41, 5.74) is 2.61. The molecule has 26 heavy (non-hydrogen) atoms. The highest BCUT2D eigenvalue weighted by atomic mass is 35.5. The van der Waals surface area contributed by atoms with E-state index in [2.05, 4.69) is 10.6 Å². The molecule has 0 aliphatic carbocycles. The zero-order valence-electron chi connectivity index (χ0n) is 15.0. The van der Waals surface area contributed by atoms with Crippen LogP contribution in [0.1, 0.15) is 5.56 Å². The van der Waals surface area contributed by atoms with Crippen molar-refractivity contribution in [1.29, 1.82) is 0 Å². The molecule has 0 unspecified atom stereocenters. The average molecular weight is 376 g/mol. The lowest BCUT2D eigenvalue weighted by molar-refractivity contribution is -0.136. The van der Waals surface area contributed by atoms with E-state index in [1.807, 2.05) is 43.3 Å². The number of halogens is 1. The molecule has 0 radical (unpaired) electrons. The number of nitrogens with one attached hydrogen (secondary N) is 2. The second kappa shape index (κ2) is 9.10. The lowest BCUT2D eigenvalue weighted by Crippen LogP contribution is -2.36. The first-order valence-corrected chi connectivity index (χ1v) is 8.47. The van der Waals surface area contributed by atoms with Crippen LogP contribution in [0.3, 0.4) is 0 Å². The lowest BCUT2D eigenvalue weighted by Gasteiger charge is -2.12. The van der Waals surface area contributed by atoms with Crippen molar-refractivity contribution in [2.24, 2.45) is 0 Å². The molecule has 0 aliphatic heterocycles. The van der Waals surface area contributed by atoms with Crippen molar-refractivity contribution < 1.29 is 14.3 Å². The van der Waals surface area contributed by atoms with Crippen LogP contribution in [0, 0.1) is 0 Å². The third-order valence-electron chi connectivity index (χ3n) is 3.77. The van der Waals surface area contributed by atoms with Crippen molar-refractivity contribution in [3.63, 3.8) is 0 Å². The van der Waals surface area contributed by atoms with E-state index in [0.717, 1.165) is 11.3 Å². The van der Waals surface area contributed by atoms with Crippen molar-refractivity contribution in [2.75, 3.05) is 38.0 Å². The molecule has 2 amide bonds. The molecule has 2 rings (SSSR count). The molecular weight excluding hydrogens is 354 g/mol. The highest BCUT2D eigenvalue weighted by molar-refractivity contribution is 6.40. The smallest absolute Gasteiger partial charge is 0.313 e. The van der Waals surface area contributed by atoms with Crippen LogP contribution in [-0.4, -0.2) is 39.6 Å². The fourth-order valence-electron chi connectivity index (χ4n) is 2.29. The van der Waals surface area contributed by atoms with Gasteiger partial charge in [0.25, 0.3) is 0 Å². The van der Waals surface area contributed by atoms with E-state index in [-0.39, 0.29) is 0 Å². The topological polar surface area (TPSA) is 70.7 Å². The predicted molar refractivity (Wildman–Crippen MR) is 104 cm³/mol. The Morgan fingerprint density at radius 1 is 1.08 bits per heavy atom. The second-order valence-corrected chi connectivity index (χ2v) is 6.28. The summed E-state index contributed by atoms with van der Waals surface area (Å²) in [7, 11) is 5.45. The maximum absolute atomic E-state index is 11.9. The van der Waals surface area contributed by atoms with Crippen molar-refractivity contribution in [1.82, 2.24) is 5.32 Å². The zero-order chi connectivity index (χ0) is 19.1. The maximum Gasteiger partial charge on any atom is 0.313 e. The van der Waals surface area contributed by atoms with Crippen LogP contribution in [0.5, 0.6) is 5.75 Å². The van der Waals surface area contributed by atoms with Gasteiger partial charge in [0, 0.05) is 32.0 Å². The van der Waals surface area contributed by atoms with Gasteiger partial charge in [-0.3, -0.25) is 9.59 Å². The molecule has 0 saturated carbocycles. The van der Waals surface area contributed by atoms with E-state index in [0.29, 0.717) is 29.4 Å². The molecule has 138 valence electrons. The Bertz CT molecular complexity index is 776. The number of carbonyl (C=O) groups excluding carboxylic acids is 2. The normalized spacial score (nSPS) is 10.2. The van der Waals surface area contributed by atoms with Gasteiger partial charge in [-0.05, 0) is 42.3 Å². The van der Waals surface area contributed by atoms with Crippen molar-refractivity contribution >= 4 is 34.8 Å². The number of benzene rings is 2. The molecule has 0 spiro atoms. The highest BCUT2D eigenvalue weighted by Crippen LogP contribution is 2.27. The molecule has 0 heterocycles. The molecule has 6 nitrogen and oxygen atoms in total. The summed E-state index contributed by atoms with van der Waals surface area (Å²) in [5.74, 6) is -0.939. The van der Waals surface area contributed by atoms with Gasteiger partial charge in [0.05, 0.1) is 12.1 Å². The van der Waals surface area contributed by atoms with Crippen LogP contribution in [0.4, 0.5) is 11.4 Å². The summed E-state index contributed by atoms with van der Waals surface area (Å²) >= 11 is 5.99. The van der Waals surface area contributed by atoms with Gasteiger partial charge in [0.15, 0.2) is 0 Å². The Balaban J connectivity index is 1.81. The van der Waals surface area contributed by atoms with Crippen LogP contribution in [0.15, 0.2) is 42.5 Å². The standard InChI is InChI=1S/C19H22ClN3O3/c1-23(2)15-7-4-13(5-8-15)10-11-21-18(24)19(25)22-14-6-9-17(26-3)16(20)12-14/h4-9,12H,10-11H2,1-3H3,(H,21,24)(H,22,25). The molecule has 0 bridgehead atoms. The molecule has 0 aliphatic rings. The summed E-state index contributed by atoms with van der Waals surface area (Å²) in [6.45, 7) is 0.372. The molecule has 2 aromatic rings. The Hall–Kier alpha value is -2.73. The number of hydrogen-bond donors (Lipinski definition) is 2. The number of hydrogen-bond acceptors (Lipinski definition) is 4. The van der Waals surface area contributed by atoms with Gasteiger partial charge >= 0.3 is 11.8 Å². The van der Waals surface area contributed by atoms with Crippen molar-refractivity contribution in [3.8, 4) is 5.75 Å². The number of anilines is 2. The molecule has 0 atom stereocenters. The second-order valence-electron chi connectivity index (χ2n) is 5.87. The highest BCUT2D eigenvalue weighted by Gasteiger charge is 2.14. The fraction of sp³-hybridized carbons (Fsp3) is 0.263. The van der Waals surface area contributed by atoms with E-state index in [9.17, 15) is 9.59 Å². The maximum atomic E-state index is 11.9. The summed E-state index contributed by atoms with van der Waals surface area (Å²) < 4.78 is 5.04. The van der Waals surface area contributed by atoms with Gasteiger partial charge in [-0.25, -0.2) is 0 Å². The zero-order valence-corrected chi connectivity index (χ0v) is 15.8. The largest absolute Gasteiger partial charge is 0.495 e. The number of methoxy groups -OCH3 is 1. The average Bonchev–Trinajstić information content (AvgIpc) is 2.62. The molecular formula is C19H22ClN3O3. The van der Waals surface area contributed by atoms with Crippen LogP contribution < -0.4 is 20.3 Å². The van der Waals surface area contributed by atoms with Gasteiger partial charge in [0.2, 0.25) is 0 Å². The van der Waals surface area contributed by atoms with Crippen LogP contribution in [0.2, 0.25) is 5.02 Å². The number of carbonyl (C=O) groups is 2. The molecule has 2 N–H and O–H groups in total. The predicted octanol–water partition coefficient (Wildman–Crippen LogP) is 2.71. The first-order chi connectivity index (χ1) is 12.4. The minimum Gasteiger partial charge on any atom is -0.495 e. The summed E-state index contributed by atoms with van der Waals surface area (Å²) in [5, 5.41) is 5.47. The number of rotatable bonds is 6. The van der Waals surface area contributed by atoms with E-state index in [1.54, 1.807) is 12.1 Å². The molecule has 0 aromatic heterocycles. The third-order valence-corrected chi connectivity index (χ3v) is 4.06. The minimum atomic E-state index is -0.741. The van der Waals surface area contributed by atoms with E-state index in [1.165, 1.54) is 13.2 Å². The van der Waals surface area contributed by atoms with Crippen LogP contribution in [0.25, 0.3) is 0 Å². The quantitative estimate of drug-likeness (QED) is 0.761. The molecule has 7 heteroatoms. The van der Waals surface area contributed by atoms with Gasteiger partial charge in [-0.15, -0.1) is 0 Å². The van der Waals surface area contributed by atoms with Crippen molar-refractivity contribution in [3.05, 3.63) is 53.1 Å². The Morgan fingerprint density at radius 3 is 2.35 bits per heavy atom. The summed E-state index contributed by atoms with van der Waals surface area (Å²) in [4.78, 5) is 25.9. The Labute approximate surface area is 158 Å². The molecule has 0 saturated heterocycles. The van der Waals surface area contributed by atoms with E-state index in [4.69, 9.17) is 16.3 Å². The van der Waals surface area contributed by atoms with E-state index < -0.39 is 11.8 Å². The number of nitrogens with zero attached hydrogens (tertiary/aromatic N) is 1. The fourth-order valence-corrected chi connectivity index (χ4v) is 2.55. The monoisotopic (exact) mass is 375 g/mol. The molecule has 0 fully saturated rings. The number of amides is 2. The van der Waals surface area contributed by atoms with Gasteiger partial charge in [0.1, 0.15) is 5.75 Å². The summed E-state index contributed by atoms with van der Waals surface area (Å²) in [6.07, 6.45) is 0.640. The van der Waals surface area contributed by atoms with Crippen LogP contribution >= 0.6 is 11.6 Å². The lowest BCUT2D eigenvalue weighted by atomic mass is 10.1. The Kier molecular flexibility index (Phi) is 6.86. The minimum absolute atomic E-state index is 0.354. The van der Waals surface area contributed by atoms with Crippen molar-refractivity contribution in [2.45, 2.75) is 6.42 Å². The Morgan fingerprint density at radius 2 is 1.77 bits per heavy atom. The van der Waals surface area contributed by atoms with Gasteiger partial charge in [-0.2, -0.15) is 0 Å². The summed E-state index contributed by atoms with van der Waals surface area (Å²) in [6, 6.07) is 12.8. The first kappa shape index (κ1) is 19.6.